The summed E-state index contributed by atoms with van der Waals surface area (Å²) < 4.78 is 5.77. The topological polar surface area (TPSA) is 120 Å². The summed E-state index contributed by atoms with van der Waals surface area (Å²) in [7, 11) is 1.63. The number of benzene rings is 1. The number of hydrogen-bond donors (Lipinski definition) is 3. The molecule has 1 aromatic carbocycles. The van der Waals surface area contributed by atoms with Crippen LogP contribution in [0, 0.1) is 0 Å². The lowest BCUT2D eigenvalue weighted by Gasteiger charge is -2.25. The van der Waals surface area contributed by atoms with Crippen LogP contribution in [-0.4, -0.2) is 91.9 Å². The lowest BCUT2D eigenvalue weighted by molar-refractivity contribution is -0.135. The van der Waals surface area contributed by atoms with E-state index in [1.165, 1.54) is 30.6 Å². The van der Waals surface area contributed by atoms with E-state index < -0.39 is 29.8 Å². The first-order valence-corrected chi connectivity index (χ1v) is 12.9. The van der Waals surface area contributed by atoms with Gasteiger partial charge in [0.15, 0.2) is 0 Å². The van der Waals surface area contributed by atoms with E-state index in [9.17, 15) is 19.2 Å². The molecule has 0 aromatic heterocycles. The maximum absolute atomic E-state index is 13.1. The smallest absolute Gasteiger partial charge is 0.255 e. The monoisotopic (exact) mass is 501 g/mol. The lowest BCUT2D eigenvalue weighted by atomic mass is 10.1. The maximum Gasteiger partial charge on any atom is 0.255 e. The number of nitrogens with one attached hydrogen (secondary N) is 3. The second-order valence-electron chi connectivity index (χ2n) is 9.52. The molecular weight excluding hydrogens is 462 g/mol. The quantitative estimate of drug-likeness (QED) is 0.516. The molecule has 198 valence electrons. The molecule has 1 fully saturated rings. The highest BCUT2D eigenvalue weighted by Crippen LogP contribution is 2.18. The molecule has 2 heterocycles. The Morgan fingerprint density at radius 2 is 1.78 bits per heavy atom. The molecule has 1 saturated heterocycles. The Kier molecular flexibility index (Phi) is 10.5. The van der Waals surface area contributed by atoms with Crippen molar-refractivity contribution in [3.05, 3.63) is 29.8 Å². The minimum atomic E-state index is -1.09. The number of carbonyl (C=O) groups excluding carboxylic acids is 4. The van der Waals surface area contributed by atoms with Crippen LogP contribution >= 0.6 is 0 Å². The largest absolute Gasteiger partial charge is 0.491 e. The molecule has 2 aliphatic heterocycles. The van der Waals surface area contributed by atoms with Gasteiger partial charge in [0.1, 0.15) is 24.4 Å². The Labute approximate surface area is 213 Å². The van der Waals surface area contributed by atoms with Crippen LogP contribution in [0.15, 0.2) is 24.3 Å². The van der Waals surface area contributed by atoms with Gasteiger partial charge in [-0.15, -0.1) is 0 Å². The highest BCUT2D eigenvalue weighted by molar-refractivity contribution is 6.01. The number of likely N-dealkylation sites (N-methyl/N-ethyl adjacent to an activating group) is 1. The van der Waals surface area contributed by atoms with Gasteiger partial charge in [-0.05, 0) is 58.0 Å². The predicted molar refractivity (Wildman–Crippen MR) is 136 cm³/mol. The molecule has 0 spiro atoms. The number of ether oxygens (including phenoxy) is 1. The molecule has 0 saturated carbocycles. The first-order chi connectivity index (χ1) is 17.3. The van der Waals surface area contributed by atoms with E-state index in [1.807, 2.05) is 0 Å². The van der Waals surface area contributed by atoms with Gasteiger partial charge in [0, 0.05) is 13.6 Å². The van der Waals surface area contributed by atoms with E-state index in [-0.39, 0.29) is 31.0 Å². The summed E-state index contributed by atoms with van der Waals surface area (Å²) in [4.78, 5) is 55.3. The molecular formula is C26H39N5O5. The summed E-state index contributed by atoms with van der Waals surface area (Å²) in [6, 6.07) is 4.85. The van der Waals surface area contributed by atoms with Crippen molar-refractivity contribution < 1.29 is 23.9 Å². The average Bonchev–Trinajstić information content (AvgIpc) is 3.14. The average molecular weight is 502 g/mol. The zero-order valence-corrected chi connectivity index (χ0v) is 21.4. The second-order valence-corrected chi connectivity index (χ2v) is 9.52. The summed E-state index contributed by atoms with van der Waals surface area (Å²) >= 11 is 0. The zero-order chi connectivity index (χ0) is 25.9. The van der Waals surface area contributed by atoms with Gasteiger partial charge in [-0.2, -0.15) is 0 Å². The molecule has 0 unspecified atom stereocenters. The van der Waals surface area contributed by atoms with E-state index in [0.29, 0.717) is 12.3 Å². The first kappa shape index (κ1) is 27.4. The van der Waals surface area contributed by atoms with Gasteiger partial charge in [-0.25, -0.2) is 0 Å². The molecule has 3 rings (SSSR count). The second kappa shape index (κ2) is 13.8. The Morgan fingerprint density at radius 3 is 2.53 bits per heavy atom. The van der Waals surface area contributed by atoms with Crippen LogP contribution in [0.2, 0.25) is 0 Å². The van der Waals surface area contributed by atoms with Crippen molar-refractivity contribution in [2.45, 2.75) is 57.5 Å². The SMILES string of the molecule is C[C@@H]1NC(=O)C[C@@H](C(=O)NCCCN2CCCCCC2)NC(=O)c2ccccc2OCCN(C)C1=O. The molecule has 0 bridgehead atoms. The van der Waals surface area contributed by atoms with Gasteiger partial charge in [0.05, 0.1) is 18.5 Å². The molecule has 36 heavy (non-hydrogen) atoms. The molecule has 2 aliphatic rings. The number of fused-ring (bicyclic) bond motifs is 1. The molecule has 2 atom stereocenters. The normalized spacial score (nSPS) is 22.8. The summed E-state index contributed by atoms with van der Waals surface area (Å²) in [5.41, 5.74) is 0.260. The van der Waals surface area contributed by atoms with Crippen LogP contribution in [0.25, 0.3) is 0 Å². The van der Waals surface area contributed by atoms with Crippen LogP contribution in [0.3, 0.4) is 0 Å². The van der Waals surface area contributed by atoms with Gasteiger partial charge in [0.25, 0.3) is 5.91 Å². The van der Waals surface area contributed by atoms with Crippen molar-refractivity contribution in [1.29, 1.82) is 0 Å². The van der Waals surface area contributed by atoms with Crippen molar-refractivity contribution in [2.75, 3.05) is 46.4 Å². The third-order valence-electron chi connectivity index (χ3n) is 6.60. The fourth-order valence-electron chi connectivity index (χ4n) is 4.50. The van der Waals surface area contributed by atoms with Crippen LogP contribution in [0.5, 0.6) is 5.75 Å². The van der Waals surface area contributed by atoms with Crippen LogP contribution in [0.4, 0.5) is 0 Å². The van der Waals surface area contributed by atoms with Gasteiger partial charge in [-0.1, -0.05) is 25.0 Å². The molecule has 10 nitrogen and oxygen atoms in total. The van der Waals surface area contributed by atoms with Gasteiger partial charge < -0.3 is 30.5 Å². The number of carbonyl (C=O) groups is 4. The van der Waals surface area contributed by atoms with E-state index in [0.717, 1.165) is 26.1 Å². The molecule has 3 N–H and O–H groups in total. The number of para-hydroxylation sites is 1. The third-order valence-corrected chi connectivity index (χ3v) is 6.60. The Balaban J connectivity index is 1.68. The highest BCUT2D eigenvalue weighted by Gasteiger charge is 2.28. The van der Waals surface area contributed by atoms with Gasteiger partial charge in [-0.3, -0.25) is 19.2 Å². The van der Waals surface area contributed by atoms with Crippen molar-refractivity contribution in [3.63, 3.8) is 0 Å². The molecule has 0 aliphatic carbocycles. The van der Waals surface area contributed by atoms with Crippen molar-refractivity contribution in [1.82, 2.24) is 25.8 Å². The number of amides is 4. The number of nitrogens with zero attached hydrogens (tertiary/aromatic N) is 2. The van der Waals surface area contributed by atoms with E-state index >= 15 is 0 Å². The highest BCUT2D eigenvalue weighted by atomic mass is 16.5. The third kappa shape index (κ3) is 8.22. The van der Waals surface area contributed by atoms with Crippen LogP contribution in [0.1, 0.15) is 55.8 Å². The number of likely N-dealkylation sites (tertiary alicyclic amines) is 1. The molecule has 1 aromatic rings. The predicted octanol–water partition coefficient (Wildman–Crippen LogP) is 0.913. The fraction of sp³-hybridized carbons (Fsp3) is 0.615. The van der Waals surface area contributed by atoms with Crippen molar-refractivity contribution >= 4 is 23.6 Å². The standard InChI is InChI=1S/C26H39N5O5/c1-19-26(35)30(2)16-17-36-22-11-6-5-10-20(22)24(33)29-21(18-23(32)28-19)25(34)27-12-9-15-31-13-7-3-4-8-14-31/h5-6,10-11,19,21H,3-4,7-9,12-18H2,1-2H3,(H,27,34)(H,28,32)(H,29,33)/t19-,21-/m0/s1. The minimum Gasteiger partial charge on any atom is -0.491 e. The van der Waals surface area contributed by atoms with Crippen LogP contribution < -0.4 is 20.7 Å². The lowest BCUT2D eigenvalue weighted by Crippen LogP contribution is -2.52. The Bertz CT molecular complexity index is 916. The van der Waals surface area contributed by atoms with E-state index in [1.54, 1.807) is 38.2 Å². The number of hydrogen-bond acceptors (Lipinski definition) is 6. The summed E-state index contributed by atoms with van der Waals surface area (Å²) in [5.74, 6) is -1.35. The van der Waals surface area contributed by atoms with E-state index in [2.05, 4.69) is 20.9 Å². The Hall–Kier alpha value is -3.14. The summed E-state index contributed by atoms with van der Waals surface area (Å²) in [6.45, 7) is 5.57. The first-order valence-electron chi connectivity index (χ1n) is 12.9. The van der Waals surface area contributed by atoms with Gasteiger partial charge >= 0.3 is 0 Å². The molecule has 0 radical (unpaired) electrons. The van der Waals surface area contributed by atoms with Crippen molar-refractivity contribution in [3.8, 4) is 5.75 Å². The van der Waals surface area contributed by atoms with Gasteiger partial charge in [0.2, 0.25) is 17.7 Å². The van der Waals surface area contributed by atoms with Crippen LogP contribution in [-0.2, 0) is 14.4 Å². The summed E-state index contributed by atoms with van der Waals surface area (Å²) in [6.07, 6.45) is 5.45. The number of rotatable bonds is 5. The molecule has 4 amide bonds. The maximum atomic E-state index is 13.1. The van der Waals surface area contributed by atoms with E-state index in [4.69, 9.17) is 4.74 Å². The zero-order valence-electron chi connectivity index (χ0n) is 21.4. The Morgan fingerprint density at radius 1 is 1.06 bits per heavy atom. The fourth-order valence-corrected chi connectivity index (χ4v) is 4.50. The minimum absolute atomic E-state index is 0.175. The van der Waals surface area contributed by atoms with Crippen molar-refractivity contribution in [2.24, 2.45) is 0 Å². The molecule has 10 heteroatoms. The summed E-state index contributed by atoms with van der Waals surface area (Å²) in [5, 5.41) is 8.20.